The Hall–Kier alpha value is -1.66. The average molecular weight is 305 g/mol. The first-order valence-corrected chi connectivity index (χ1v) is 8.38. The first kappa shape index (κ1) is 14.3. The highest BCUT2D eigenvalue weighted by Crippen LogP contribution is 2.44. The highest BCUT2D eigenvalue weighted by atomic mass is 32.2. The van der Waals surface area contributed by atoms with Crippen LogP contribution in [0.25, 0.3) is 0 Å². The van der Waals surface area contributed by atoms with Crippen molar-refractivity contribution in [1.82, 2.24) is 14.5 Å². The lowest BCUT2D eigenvalue weighted by atomic mass is 9.87. The second kappa shape index (κ2) is 4.68. The van der Waals surface area contributed by atoms with E-state index in [0.29, 0.717) is 0 Å². The number of nitrogens with zero attached hydrogens (tertiary/aromatic N) is 2. The summed E-state index contributed by atoms with van der Waals surface area (Å²) in [5.74, 6) is 0. The predicted molar refractivity (Wildman–Crippen MR) is 80.4 cm³/mol. The van der Waals surface area contributed by atoms with E-state index >= 15 is 0 Å². The molecular weight excluding hydrogens is 286 g/mol. The van der Waals surface area contributed by atoms with E-state index in [4.69, 9.17) is 0 Å². The third-order valence-electron chi connectivity index (χ3n) is 4.07. The van der Waals surface area contributed by atoms with E-state index in [9.17, 15) is 8.42 Å². The summed E-state index contributed by atoms with van der Waals surface area (Å²) in [6.45, 7) is 4.29. The van der Waals surface area contributed by atoms with Crippen LogP contribution in [0.5, 0.6) is 0 Å². The Morgan fingerprint density at radius 1 is 1.33 bits per heavy atom. The molecule has 21 heavy (non-hydrogen) atoms. The molecule has 0 radical (unpaired) electrons. The summed E-state index contributed by atoms with van der Waals surface area (Å²) in [7, 11) is -1.85. The van der Waals surface area contributed by atoms with E-state index in [1.54, 1.807) is 7.05 Å². The van der Waals surface area contributed by atoms with Gasteiger partial charge in [0.15, 0.2) is 0 Å². The average Bonchev–Trinajstić information content (AvgIpc) is 2.94. The van der Waals surface area contributed by atoms with Crippen molar-refractivity contribution in [3.05, 3.63) is 47.8 Å². The molecule has 5 nitrogen and oxygen atoms in total. The summed E-state index contributed by atoms with van der Waals surface area (Å²) in [5, 5.41) is 3.93. The molecule has 1 unspecified atom stereocenters. The molecule has 0 saturated heterocycles. The van der Waals surface area contributed by atoms with E-state index in [0.717, 1.165) is 12.0 Å². The van der Waals surface area contributed by atoms with Crippen LogP contribution in [-0.4, -0.2) is 18.2 Å². The monoisotopic (exact) mass is 305 g/mol. The predicted octanol–water partition coefficient (Wildman–Crippen LogP) is 2.12. The molecule has 1 aromatic carbocycles. The molecule has 0 bridgehead atoms. The second-order valence-corrected chi connectivity index (χ2v) is 7.91. The van der Waals surface area contributed by atoms with Gasteiger partial charge in [-0.1, -0.05) is 38.1 Å². The Kier molecular flexibility index (Phi) is 3.18. The maximum atomic E-state index is 12.5. The van der Waals surface area contributed by atoms with Crippen LogP contribution >= 0.6 is 0 Å². The van der Waals surface area contributed by atoms with Crippen molar-refractivity contribution in [2.24, 2.45) is 7.05 Å². The van der Waals surface area contributed by atoms with Crippen molar-refractivity contribution in [2.75, 3.05) is 0 Å². The van der Waals surface area contributed by atoms with Crippen molar-refractivity contribution in [3.63, 3.8) is 0 Å². The summed E-state index contributed by atoms with van der Waals surface area (Å²) in [6, 6.07) is 7.83. The van der Waals surface area contributed by atoms with Crippen LogP contribution < -0.4 is 4.72 Å². The number of sulfonamides is 1. The molecule has 0 amide bonds. The van der Waals surface area contributed by atoms with Gasteiger partial charge < -0.3 is 0 Å². The summed E-state index contributed by atoms with van der Waals surface area (Å²) < 4.78 is 29.2. The van der Waals surface area contributed by atoms with Gasteiger partial charge in [0, 0.05) is 19.3 Å². The fourth-order valence-corrected chi connectivity index (χ4v) is 4.24. The zero-order chi connectivity index (χ0) is 15.3. The minimum atomic E-state index is -3.55. The molecule has 1 heterocycles. The number of hydrogen-bond acceptors (Lipinski definition) is 3. The fourth-order valence-electron chi connectivity index (χ4n) is 3.05. The van der Waals surface area contributed by atoms with E-state index < -0.39 is 10.0 Å². The number of fused-ring (bicyclic) bond motifs is 1. The van der Waals surface area contributed by atoms with Gasteiger partial charge in [-0.25, -0.2) is 13.1 Å². The van der Waals surface area contributed by atoms with Gasteiger partial charge in [0.1, 0.15) is 4.90 Å². The van der Waals surface area contributed by atoms with Crippen LogP contribution in [0.3, 0.4) is 0 Å². The normalized spacial score (nSPS) is 20.4. The zero-order valence-corrected chi connectivity index (χ0v) is 13.2. The Morgan fingerprint density at radius 3 is 2.71 bits per heavy atom. The molecule has 2 aromatic rings. The van der Waals surface area contributed by atoms with Gasteiger partial charge >= 0.3 is 0 Å². The number of aromatic nitrogens is 2. The van der Waals surface area contributed by atoms with Gasteiger partial charge in [-0.2, -0.15) is 5.10 Å². The van der Waals surface area contributed by atoms with Crippen molar-refractivity contribution < 1.29 is 8.42 Å². The van der Waals surface area contributed by atoms with Crippen LogP contribution in [0.15, 0.2) is 41.6 Å². The molecule has 112 valence electrons. The molecule has 6 heteroatoms. The molecule has 1 aromatic heterocycles. The Labute approximate surface area is 125 Å². The Morgan fingerprint density at radius 2 is 2.05 bits per heavy atom. The van der Waals surface area contributed by atoms with Crippen molar-refractivity contribution >= 4 is 10.0 Å². The lowest BCUT2D eigenvalue weighted by Crippen LogP contribution is -2.28. The van der Waals surface area contributed by atoms with Crippen molar-refractivity contribution in [1.29, 1.82) is 0 Å². The quantitative estimate of drug-likeness (QED) is 0.944. The summed E-state index contributed by atoms with van der Waals surface area (Å²) in [5.41, 5.74) is 2.25. The van der Waals surface area contributed by atoms with Crippen molar-refractivity contribution in [3.8, 4) is 0 Å². The lowest BCUT2D eigenvalue weighted by Gasteiger charge is -2.19. The number of hydrogen-bond donors (Lipinski definition) is 1. The molecule has 0 fully saturated rings. The Balaban J connectivity index is 1.94. The molecule has 0 spiro atoms. The molecule has 1 aliphatic rings. The van der Waals surface area contributed by atoms with Crippen LogP contribution in [0.1, 0.15) is 37.4 Å². The van der Waals surface area contributed by atoms with Gasteiger partial charge in [-0.3, -0.25) is 4.68 Å². The highest BCUT2D eigenvalue weighted by Gasteiger charge is 2.38. The molecule has 3 rings (SSSR count). The smallest absolute Gasteiger partial charge is 0.244 e. The maximum Gasteiger partial charge on any atom is 0.244 e. The largest absolute Gasteiger partial charge is 0.274 e. The maximum absolute atomic E-state index is 12.5. The first-order valence-electron chi connectivity index (χ1n) is 6.90. The van der Waals surface area contributed by atoms with Gasteiger partial charge in [0.2, 0.25) is 10.0 Å². The molecule has 1 N–H and O–H groups in total. The van der Waals surface area contributed by atoms with E-state index in [-0.39, 0.29) is 16.4 Å². The molecule has 0 saturated carbocycles. The van der Waals surface area contributed by atoms with Gasteiger partial charge in [-0.15, -0.1) is 0 Å². The third kappa shape index (κ3) is 2.49. The summed E-state index contributed by atoms with van der Waals surface area (Å²) >= 11 is 0. The number of nitrogens with one attached hydrogen (secondary N) is 1. The van der Waals surface area contributed by atoms with Gasteiger partial charge in [0.25, 0.3) is 0 Å². The molecular formula is C15H19N3O2S. The summed E-state index contributed by atoms with van der Waals surface area (Å²) in [6.07, 6.45) is 3.63. The van der Waals surface area contributed by atoms with E-state index in [2.05, 4.69) is 29.7 Å². The molecule has 0 aliphatic heterocycles. The standard InChI is InChI=1S/C15H19N3O2S/c1-15(2)8-14(12-6-4-5-7-13(12)15)17-21(19,20)11-9-16-18(3)10-11/h4-7,9-10,14,17H,8H2,1-3H3. The van der Waals surface area contributed by atoms with E-state index in [1.165, 1.54) is 22.6 Å². The fraction of sp³-hybridized carbons (Fsp3) is 0.400. The minimum Gasteiger partial charge on any atom is -0.274 e. The number of aryl methyl sites for hydroxylation is 1. The topological polar surface area (TPSA) is 64.0 Å². The van der Waals surface area contributed by atoms with Crippen molar-refractivity contribution in [2.45, 2.75) is 36.6 Å². The number of benzene rings is 1. The summed E-state index contributed by atoms with van der Waals surface area (Å²) in [4.78, 5) is 0.201. The first-order chi connectivity index (χ1) is 9.79. The zero-order valence-electron chi connectivity index (χ0n) is 12.4. The second-order valence-electron chi connectivity index (χ2n) is 6.20. The number of rotatable bonds is 3. The SMILES string of the molecule is Cn1cc(S(=O)(=O)NC2CC(C)(C)c3ccccc32)cn1. The van der Waals surface area contributed by atoms with Crippen LogP contribution in [0.2, 0.25) is 0 Å². The van der Waals surface area contributed by atoms with Gasteiger partial charge in [0.05, 0.1) is 6.20 Å². The van der Waals surface area contributed by atoms with E-state index in [1.807, 2.05) is 18.2 Å². The van der Waals surface area contributed by atoms with Gasteiger partial charge in [-0.05, 0) is 23.0 Å². The lowest BCUT2D eigenvalue weighted by molar-refractivity contribution is 0.459. The highest BCUT2D eigenvalue weighted by molar-refractivity contribution is 7.89. The van der Waals surface area contributed by atoms with Crippen LogP contribution in [0, 0.1) is 0 Å². The molecule has 1 atom stereocenters. The molecule has 1 aliphatic carbocycles. The Bertz CT molecular complexity index is 778. The minimum absolute atomic E-state index is 0.0290. The third-order valence-corrected chi connectivity index (χ3v) is 5.49. The van der Waals surface area contributed by atoms with Crippen LogP contribution in [-0.2, 0) is 22.5 Å². The van der Waals surface area contributed by atoms with Crippen LogP contribution in [0.4, 0.5) is 0 Å².